The van der Waals surface area contributed by atoms with E-state index in [1.54, 1.807) is 0 Å². The number of nitrogens with one attached hydrogen (secondary N) is 2. The van der Waals surface area contributed by atoms with E-state index in [-0.39, 0.29) is 11.8 Å². The van der Waals surface area contributed by atoms with Crippen LogP contribution < -0.4 is 5.32 Å². The largest absolute Gasteiger partial charge is 0.361 e. The van der Waals surface area contributed by atoms with Gasteiger partial charge in [-0.05, 0) is 37.1 Å². The molecule has 3 rings (SSSR count). The van der Waals surface area contributed by atoms with Gasteiger partial charge >= 0.3 is 0 Å². The van der Waals surface area contributed by atoms with E-state index < -0.39 is 0 Å². The molecular weight excluding hydrogens is 188 g/mol. The van der Waals surface area contributed by atoms with Gasteiger partial charge in [-0.3, -0.25) is 4.79 Å². The molecule has 0 saturated heterocycles. The van der Waals surface area contributed by atoms with Crippen molar-refractivity contribution in [1.82, 2.24) is 4.98 Å². The SMILES string of the molecule is O=C(Nc1ccc2[nH]ccc2c1)C1CC1. The Hall–Kier alpha value is -1.77. The first-order valence-electron chi connectivity index (χ1n) is 5.21. The molecule has 1 aliphatic rings. The first-order chi connectivity index (χ1) is 7.33. The zero-order valence-electron chi connectivity index (χ0n) is 8.29. The van der Waals surface area contributed by atoms with Gasteiger partial charge < -0.3 is 10.3 Å². The molecule has 76 valence electrons. The minimum atomic E-state index is 0.157. The fourth-order valence-electron chi connectivity index (χ4n) is 1.72. The number of hydrogen-bond acceptors (Lipinski definition) is 1. The number of rotatable bonds is 2. The maximum atomic E-state index is 11.5. The van der Waals surface area contributed by atoms with E-state index >= 15 is 0 Å². The van der Waals surface area contributed by atoms with Crippen molar-refractivity contribution < 1.29 is 4.79 Å². The number of aromatic amines is 1. The van der Waals surface area contributed by atoms with Crippen molar-refractivity contribution in [3.05, 3.63) is 30.5 Å². The minimum absolute atomic E-state index is 0.157. The van der Waals surface area contributed by atoms with Crippen LogP contribution in [0.15, 0.2) is 30.5 Å². The number of anilines is 1. The van der Waals surface area contributed by atoms with Crippen LogP contribution in [0.3, 0.4) is 0 Å². The van der Waals surface area contributed by atoms with Crippen molar-refractivity contribution in [2.45, 2.75) is 12.8 Å². The van der Waals surface area contributed by atoms with Gasteiger partial charge in [-0.15, -0.1) is 0 Å². The molecule has 1 fully saturated rings. The van der Waals surface area contributed by atoms with Gasteiger partial charge in [0.05, 0.1) is 0 Å². The van der Waals surface area contributed by atoms with Gasteiger partial charge in [0, 0.05) is 28.7 Å². The molecule has 0 radical (unpaired) electrons. The Morgan fingerprint density at radius 3 is 3.00 bits per heavy atom. The summed E-state index contributed by atoms with van der Waals surface area (Å²) in [5.41, 5.74) is 1.98. The maximum absolute atomic E-state index is 11.5. The van der Waals surface area contributed by atoms with Crippen LogP contribution in [0.5, 0.6) is 0 Å². The Bertz CT molecular complexity index is 511. The van der Waals surface area contributed by atoms with Crippen molar-refractivity contribution in [3.63, 3.8) is 0 Å². The molecule has 3 heteroatoms. The van der Waals surface area contributed by atoms with Gasteiger partial charge in [0.15, 0.2) is 0 Å². The van der Waals surface area contributed by atoms with Crippen LogP contribution in [0.25, 0.3) is 10.9 Å². The highest BCUT2D eigenvalue weighted by atomic mass is 16.2. The number of carbonyl (C=O) groups is 1. The van der Waals surface area contributed by atoms with E-state index in [1.165, 1.54) is 0 Å². The molecule has 0 spiro atoms. The maximum Gasteiger partial charge on any atom is 0.227 e. The molecule has 3 nitrogen and oxygen atoms in total. The van der Waals surface area contributed by atoms with E-state index in [4.69, 9.17) is 0 Å². The van der Waals surface area contributed by atoms with E-state index in [9.17, 15) is 4.79 Å². The molecule has 1 aromatic heterocycles. The van der Waals surface area contributed by atoms with E-state index in [2.05, 4.69) is 10.3 Å². The summed E-state index contributed by atoms with van der Waals surface area (Å²) in [4.78, 5) is 14.7. The molecule has 1 heterocycles. The average molecular weight is 200 g/mol. The Kier molecular flexibility index (Phi) is 1.78. The summed E-state index contributed by atoms with van der Waals surface area (Å²) in [5, 5.41) is 4.06. The lowest BCUT2D eigenvalue weighted by Crippen LogP contribution is -2.12. The van der Waals surface area contributed by atoms with Crippen LogP contribution in [0, 0.1) is 5.92 Å². The van der Waals surface area contributed by atoms with Crippen LogP contribution in [-0.4, -0.2) is 10.9 Å². The number of carbonyl (C=O) groups excluding carboxylic acids is 1. The second kappa shape index (κ2) is 3.12. The number of H-pyrrole nitrogens is 1. The molecular formula is C12H12N2O. The molecule has 1 amide bonds. The Morgan fingerprint density at radius 1 is 1.33 bits per heavy atom. The topological polar surface area (TPSA) is 44.9 Å². The van der Waals surface area contributed by atoms with Crippen LogP contribution in [-0.2, 0) is 4.79 Å². The predicted molar refractivity (Wildman–Crippen MR) is 59.7 cm³/mol. The van der Waals surface area contributed by atoms with E-state index in [1.807, 2.05) is 30.5 Å². The lowest BCUT2D eigenvalue weighted by Gasteiger charge is -2.03. The lowest BCUT2D eigenvalue weighted by atomic mass is 10.2. The van der Waals surface area contributed by atoms with Crippen molar-refractivity contribution in [2.24, 2.45) is 5.92 Å². The van der Waals surface area contributed by atoms with Crippen LogP contribution in [0.1, 0.15) is 12.8 Å². The summed E-state index contributed by atoms with van der Waals surface area (Å²) < 4.78 is 0. The highest BCUT2D eigenvalue weighted by Crippen LogP contribution is 2.30. The molecule has 0 bridgehead atoms. The summed E-state index contributed by atoms with van der Waals surface area (Å²) in [6.45, 7) is 0. The van der Waals surface area contributed by atoms with E-state index in [0.29, 0.717) is 0 Å². The summed E-state index contributed by atoms with van der Waals surface area (Å²) >= 11 is 0. The molecule has 1 aliphatic carbocycles. The first kappa shape index (κ1) is 8.53. The van der Waals surface area contributed by atoms with Gasteiger partial charge in [0.2, 0.25) is 5.91 Å². The van der Waals surface area contributed by atoms with E-state index in [0.717, 1.165) is 29.4 Å². The third-order valence-corrected chi connectivity index (χ3v) is 2.77. The lowest BCUT2D eigenvalue weighted by molar-refractivity contribution is -0.117. The molecule has 2 aromatic rings. The van der Waals surface area contributed by atoms with Crippen molar-refractivity contribution in [3.8, 4) is 0 Å². The first-order valence-corrected chi connectivity index (χ1v) is 5.21. The summed E-state index contributed by atoms with van der Waals surface area (Å²) in [5.74, 6) is 0.414. The predicted octanol–water partition coefficient (Wildman–Crippen LogP) is 2.52. The number of aromatic nitrogens is 1. The zero-order chi connectivity index (χ0) is 10.3. The third kappa shape index (κ3) is 1.61. The second-order valence-electron chi connectivity index (χ2n) is 4.04. The molecule has 1 saturated carbocycles. The standard InChI is InChI=1S/C12H12N2O/c15-12(8-1-2-8)14-10-3-4-11-9(7-10)5-6-13-11/h3-8,13H,1-2H2,(H,14,15). The highest BCUT2D eigenvalue weighted by molar-refractivity contribution is 5.96. The Balaban J connectivity index is 1.86. The van der Waals surface area contributed by atoms with Crippen LogP contribution in [0.2, 0.25) is 0 Å². The number of benzene rings is 1. The van der Waals surface area contributed by atoms with Gasteiger partial charge in [0.1, 0.15) is 0 Å². The summed E-state index contributed by atoms with van der Waals surface area (Å²) in [6.07, 6.45) is 3.98. The van der Waals surface area contributed by atoms with Crippen LogP contribution >= 0.6 is 0 Å². The van der Waals surface area contributed by atoms with Crippen molar-refractivity contribution >= 4 is 22.5 Å². The molecule has 2 N–H and O–H groups in total. The van der Waals surface area contributed by atoms with Crippen molar-refractivity contribution in [2.75, 3.05) is 5.32 Å². The normalized spacial score (nSPS) is 15.5. The number of amides is 1. The quantitative estimate of drug-likeness (QED) is 0.768. The fourth-order valence-corrected chi connectivity index (χ4v) is 1.72. The number of hydrogen-bond donors (Lipinski definition) is 2. The zero-order valence-corrected chi connectivity index (χ0v) is 8.29. The van der Waals surface area contributed by atoms with Gasteiger partial charge in [-0.25, -0.2) is 0 Å². The fraction of sp³-hybridized carbons (Fsp3) is 0.250. The smallest absolute Gasteiger partial charge is 0.227 e. The molecule has 15 heavy (non-hydrogen) atoms. The Labute approximate surface area is 87.5 Å². The van der Waals surface area contributed by atoms with Crippen LogP contribution in [0.4, 0.5) is 5.69 Å². The second-order valence-corrected chi connectivity index (χ2v) is 4.04. The average Bonchev–Trinajstić information content (AvgIpc) is 2.98. The molecule has 0 atom stereocenters. The molecule has 0 aliphatic heterocycles. The summed E-state index contributed by atoms with van der Waals surface area (Å²) in [6, 6.07) is 7.91. The molecule has 0 unspecified atom stereocenters. The Morgan fingerprint density at radius 2 is 2.20 bits per heavy atom. The molecule has 1 aromatic carbocycles. The van der Waals surface area contributed by atoms with Gasteiger partial charge in [-0.2, -0.15) is 0 Å². The highest BCUT2D eigenvalue weighted by Gasteiger charge is 2.29. The third-order valence-electron chi connectivity index (χ3n) is 2.77. The van der Waals surface area contributed by atoms with Gasteiger partial charge in [0.25, 0.3) is 0 Å². The number of fused-ring (bicyclic) bond motifs is 1. The summed E-state index contributed by atoms with van der Waals surface area (Å²) in [7, 11) is 0. The van der Waals surface area contributed by atoms with Crippen molar-refractivity contribution in [1.29, 1.82) is 0 Å². The van der Waals surface area contributed by atoms with Gasteiger partial charge in [-0.1, -0.05) is 0 Å². The monoisotopic (exact) mass is 200 g/mol. The minimum Gasteiger partial charge on any atom is -0.361 e.